The van der Waals surface area contributed by atoms with Crippen molar-refractivity contribution in [1.82, 2.24) is 0 Å². The summed E-state index contributed by atoms with van der Waals surface area (Å²) in [7, 11) is 0. The molecule has 1 N–H and O–H groups in total. The van der Waals surface area contributed by atoms with E-state index in [9.17, 15) is 9.90 Å². The second kappa shape index (κ2) is 5.86. The van der Waals surface area contributed by atoms with E-state index in [4.69, 9.17) is 0 Å². The first-order chi connectivity index (χ1) is 7.13. The Kier molecular flexibility index (Phi) is 4.76. The van der Waals surface area contributed by atoms with E-state index in [0.29, 0.717) is 6.42 Å². The standard InChI is InChI=1S/C13H20O2/c1-3-4-5-6-10(2)7-11-8-12(14)9-13(11)15/h6,8,12,14H,3-5,7,9H2,1-2H3/b10-6+/t12-/m1/s1. The molecule has 0 amide bonds. The van der Waals surface area contributed by atoms with Gasteiger partial charge in [-0.2, -0.15) is 0 Å². The number of allylic oxidation sites excluding steroid dienone is 3. The summed E-state index contributed by atoms with van der Waals surface area (Å²) in [6, 6.07) is 0. The van der Waals surface area contributed by atoms with E-state index >= 15 is 0 Å². The second-order valence-corrected chi connectivity index (χ2v) is 4.26. The summed E-state index contributed by atoms with van der Waals surface area (Å²) in [5, 5.41) is 9.28. The molecule has 15 heavy (non-hydrogen) atoms. The average molecular weight is 208 g/mol. The van der Waals surface area contributed by atoms with Crippen LogP contribution < -0.4 is 0 Å². The molecule has 1 aliphatic rings. The summed E-state index contributed by atoms with van der Waals surface area (Å²) in [6.45, 7) is 4.22. The van der Waals surface area contributed by atoms with Gasteiger partial charge in [0.2, 0.25) is 0 Å². The zero-order chi connectivity index (χ0) is 11.3. The van der Waals surface area contributed by atoms with Gasteiger partial charge in [0.1, 0.15) is 0 Å². The van der Waals surface area contributed by atoms with Crippen LogP contribution in [-0.4, -0.2) is 17.0 Å². The number of carbonyl (C=O) groups excluding carboxylic acids is 1. The van der Waals surface area contributed by atoms with E-state index in [2.05, 4.69) is 19.9 Å². The first-order valence-corrected chi connectivity index (χ1v) is 5.71. The van der Waals surface area contributed by atoms with Gasteiger partial charge in [0.25, 0.3) is 0 Å². The summed E-state index contributed by atoms with van der Waals surface area (Å²) in [5.41, 5.74) is 2.02. The Morgan fingerprint density at radius 2 is 2.40 bits per heavy atom. The van der Waals surface area contributed by atoms with Gasteiger partial charge in [0.15, 0.2) is 5.78 Å². The lowest BCUT2D eigenvalue weighted by atomic mass is 10.0. The molecule has 0 saturated heterocycles. The molecule has 0 fully saturated rings. The molecule has 0 aromatic carbocycles. The van der Waals surface area contributed by atoms with E-state index in [1.54, 1.807) is 6.08 Å². The highest BCUT2D eigenvalue weighted by Gasteiger charge is 2.21. The minimum absolute atomic E-state index is 0.103. The number of hydrogen-bond donors (Lipinski definition) is 1. The summed E-state index contributed by atoms with van der Waals surface area (Å²) >= 11 is 0. The predicted molar refractivity (Wildman–Crippen MR) is 61.6 cm³/mol. The van der Waals surface area contributed by atoms with Gasteiger partial charge in [-0.1, -0.05) is 31.4 Å². The van der Waals surface area contributed by atoms with Gasteiger partial charge < -0.3 is 5.11 Å². The van der Waals surface area contributed by atoms with Crippen molar-refractivity contribution in [2.45, 2.75) is 52.1 Å². The maximum absolute atomic E-state index is 11.4. The fourth-order valence-corrected chi connectivity index (χ4v) is 1.79. The Bertz CT molecular complexity index is 287. The molecule has 2 heteroatoms. The smallest absolute Gasteiger partial charge is 0.161 e. The number of carbonyl (C=O) groups is 1. The molecule has 0 aromatic heterocycles. The molecule has 2 nitrogen and oxygen atoms in total. The lowest BCUT2D eigenvalue weighted by Crippen LogP contribution is -2.01. The van der Waals surface area contributed by atoms with Gasteiger partial charge in [-0.3, -0.25) is 4.79 Å². The van der Waals surface area contributed by atoms with Crippen molar-refractivity contribution in [2.75, 3.05) is 0 Å². The zero-order valence-corrected chi connectivity index (χ0v) is 9.62. The van der Waals surface area contributed by atoms with Crippen molar-refractivity contribution >= 4 is 5.78 Å². The van der Waals surface area contributed by atoms with E-state index in [0.717, 1.165) is 12.0 Å². The zero-order valence-electron chi connectivity index (χ0n) is 9.62. The van der Waals surface area contributed by atoms with Gasteiger partial charge in [-0.15, -0.1) is 0 Å². The van der Waals surface area contributed by atoms with Crippen molar-refractivity contribution in [3.63, 3.8) is 0 Å². The number of aliphatic hydroxyl groups is 1. The molecule has 0 bridgehead atoms. The van der Waals surface area contributed by atoms with Gasteiger partial charge >= 0.3 is 0 Å². The Morgan fingerprint density at radius 3 is 2.93 bits per heavy atom. The van der Waals surface area contributed by atoms with Crippen LogP contribution in [0.25, 0.3) is 0 Å². The van der Waals surface area contributed by atoms with Gasteiger partial charge in [0, 0.05) is 6.42 Å². The molecule has 0 aliphatic heterocycles. The SMILES string of the molecule is CCCC/C=C(\C)CC1=C[C@@H](O)CC1=O. The fraction of sp³-hybridized carbons (Fsp3) is 0.615. The van der Waals surface area contributed by atoms with Crippen molar-refractivity contribution < 1.29 is 9.90 Å². The maximum Gasteiger partial charge on any atom is 0.161 e. The fourth-order valence-electron chi connectivity index (χ4n) is 1.79. The van der Waals surface area contributed by atoms with Crippen LogP contribution in [0.3, 0.4) is 0 Å². The number of aliphatic hydroxyl groups excluding tert-OH is 1. The Labute approximate surface area is 91.7 Å². The number of rotatable bonds is 5. The summed E-state index contributed by atoms with van der Waals surface area (Å²) in [5.74, 6) is 0.103. The number of ketones is 1. The molecule has 1 aliphatic carbocycles. The quantitative estimate of drug-likeness (QED) is 0.557. The third-order valence-corrected chi connectivity index (χ3v) is 2.67. The van der Waals surface area contributed by atoms with Crippen LogP contribution in [0.15, 0.2) is 23.3 Å². The van der Waals surface area contributed by atoms with Crippen LogP contribution in [0.1, 0.15) is 46.0 Å². The third-order valence-electron chi connectivity index (χ3n) is 2.67. The summed E-state index contributed by atoms with van der Waals surface area (Å²) < 4.78 is 0. The predicted octanol–water partition coefficient (Wildman–Crippen LogP) is 2.77. The topological polar surface area (TPSA) is 37.3 Å². The normalized spacial score (nSPS) is 22.1. The second-order valence-electron chi connectivity index (χ2n) is 4.26. The molecule has 0 aromatic rings. The Hall–Kier alpha value is -0.890. The molecule has 0 unspecified atom stereocenters. The first kappa shape index (κ1) is 12.2. The summed E-state index contributed by atoms with van der Waals surface area (Å²) in [6.07, 6.45) is 7.82. The van der Waals surface area contributed by atoms with Gasteiger partial charge in [0.05, 0.1) is 6.10 Å². The molecule has 0 radical (unpaired) electrons. The molecular weight excluding hydrogens is 188 g/mol. The van der Waals surface area contributed by atoms with E-state index < -0.39 is 6.10 Å². The van der Waals surface area contributed by atoms with Crippen molar-refractivity contribution in [2.24, 2.45) is 0 Å². The van der Waals surface area contributed by atoms with Gasteiger partial charge in [-0.25, -0.2) is 0 Å². The van der Waals surface area contributed by atoms with Crippen LogP contribution in [0, 0.1) is 0 Å². The molecule has 0 heterocycles. The Balaban J connectivity index is 2.44. The number of unbranched alkanes of at least 4 members (excludes halogenated alkanes) is 2. The lowest BCUT2D eigenvalue weighted by Gasteiger charge is -2.01. The minimum atomic E-state index is -0.545. The number of hydrogen-bond acceptors (Lipinski definition) is 2. The number of Topliss-reactive ketones (excluding diaryl/α,β-unsaturated/α-hetero) is 1. The van der Waals surface area contributed by atoms with Crippen LogP contribution in [0.5, 0.6) is 0 Å². The average Bonchev–Trinajstić information content (AvgIpc) is 2.45. The monoisotopic (exact) mass is 208 g/mol. The van der Waals surface area contributed by atoms with E-state index in [1.165, 1.54) is 18.4 Å². The lowest BCUT2D eigenvalue weighted by molar-refractivity contribution is -0.115. The van der Waals surface area contributed by atoms with Crippen LogP contribution in [0.2, 0.25) is 0 Å². The van der Waals surface area contributed by atoms with Gasteiger partial charge in [-0.05, 0) is 31.4 Å². The first-order valence-electron chi connectivity index (χ1n) is 5.71. The molecule has 0 saturated carbocycles. The summed E-state index contributed by atoms with van der Waals surface area (Å²) in [4.78, 5) is 11.4. The molecule has 84 valence electrons. The largest absolute Gasteiger partial charge is 0.389 e. The van der Waals surface area contributed by atoms with Crippen LogP contribution in [0.4, 0.5) is 0 Å². The maximum atomic E-state index is 11.4. The van der Waals surface area contributed by atoms with E-state index in [-0.39, 0.29) is 12.2 Å². The van der Waals surface area contributed by atoms with Crippen molar-refractivity contribution in [3.05, 3.63) is 23.3 Å². The minimum Gasteiger partial charge on any atom is -0.389 e. The third kappa shape index (κ3) is 4.00. The van der Waals surface area contributed by atoms with Crippen LogP contribution >= 0.6 is 0 Å². The molecule has 0 spiro atoms. The molecule has 1 atom stereocenters. The van der Waals surface area contributed by atoms with Crippen LogP contribution in [-0.2, 0) is 4.79 Å². The van der Waals surface area contributed by atoms with Crippen molar-refractivity contribution in [3.8, 4) is 0 Å². The highest BCUT2D eigenvalue weighted by atomic mass is 16.3. The molecule has 1 rings (SSSR count). The molecular formula is C13H20O2. The highest BCUT2D eigenvalue weighted by Crippen LogP contribution is 2.21. The van der Waals surface area contributed by atoms with Crippen molar-refractivity contribution in [1.29, 1.82) is 0 Å². The highest BCUT2D eigenvalue weighted by molar-refractivity contribution is 5.98. The van der Waals surface area contributed by atoms with E-state index in [1.807, 2.05) is 0 Å². The Morgan fingerprint density at radius 1 is 1.67 bits per heavy atom.